The Hall–Kier alpha value is -3.02. The van der Waals surface area contributed by atoms with Gasteiger partial charge >= 0.3 is 0 Å². The number of rotatable bonds is 4. The second-order valence-corrected chi connectivity index (χ2v) is 7.39. The number of aryl methyl sites for hydroxylation is 1. The van der Waals surface area contributed by atoms with E-state index in [0.717, 1.165) is 22.5 Å². The molecule has 0 radical (unpaired) electrons. The predicted molar refractivity (Wildman–Crippen MR) is 116 cm³/mol. The third kappa shape index (κ3) is 3.79. The molecule has 0 unspecified atom stereocenters. The van der Waals surface area contributed by atoms with Crippen LogP contribution in [0.4, 0.5) is 5.69 Å². The van der Waals surface area contributed by atoms with Gasteiger partial charge in [-0.15, -0.1) is 0 Å². The summed E-state index contributed by atoms with van der Waals surface area (Å²) >= 11 is 12.1. The maximum atomic E-state index is 12.7. The van der Waals surface area contributed by atoms with Crippen LogP contribution in [0.1, 0.15) is 15.9 Å². The first-order valence-electron chi connectivity index (χ1n) is 8.85. The third-order valence-electron chi connectivity index (χ3n) is 4.60. The van der Waals surface area contributed by atoms with Crippen molar-refractivity contribution in [1.82, 2.24) is 9.38 Å². The van der Waals surface area contributed by atoms with Crippen LogP contribution in [-0.4, -0.2) is 22.4 Å². The summed E-state index contributed by atoms with van der Waals surface area (Å²) < 4.78 is 7.38. The number of anilines is 1. The highest BCUT2D eigenvalue weighted by atomic mass is 35.5. The van der Waals surface area contributed by atoms with E-state index in [1.807, 2.05) is 48.0 Å². The third-order valence-corrected chi connectivity index (χ3v) is 5.14. The van der Waals surface area contributed by atoms with E-state index in [0.29, 0.717) is 22.0 Å². The Kier molecular flexibility index (Phi) is 5.18. The number of carbonyl (C=O) groups is 1. The Morgan fingerprint density at radius 3 is 2.69 bits per heavy atom. The van der Waals surface area contributed by atoms with Gasteiger partial charge < -0.3 is 14.5 Å². The molecule has 0 bridgehead atoms. The molecule has 4 aromatic rings. The largest absolute Gasteiger partial charge is 0.495 e. The number of aromatic nitrogens is 2. The van der Waals surface area contributed by atoms with Crippen LogP contribution in [0, 0.1) is 6.92 Å². The molecule has 4 rings (SSSR count). The van der Waals surface area contributed by atoms with Crippen LogP contribution >= 0.6 is 23.2 Å². The van der Waals surface area contributed by atoms with Crippen molar-refractivity contribution in [2.75, 3.05) is 12.4 Å². The normalized spacial score (nSPS) is 10.9. The molecular weight excluding hydrogens is 409 g/mol. The van der Waals surface area contributed by atoms with Gasteiger partial charge in [-0.1, -0.05) is 29.3 Å². The Labute approximate surface area is 177 Å². The number of fused-ring (bicyclic) bond motifs is 1. The van der Waals surface area contributed by atoms with Gasteiger partial charge in [0.05, 0.1) is 29.1 Å². The summed E-state index contributed by atoms with van der Waals surface area (Å²) in [7, 11) is 1.55. The van der Waals surface area contributed by atoms with E-state index in [2.05, 4.69) is 5.32 Å². The van der Waals surface area contributed by atoms with Gasteiger partial charge in [-0.25, -0.2) is 4.98 Å². The predicted octanol–water partition coefficient (Wildman–Crippen LogP) is 5.88. The fourth-order valence-corrected chi connectivity index (χ4v) is 3.62. The van der Waals surface area contributed by atoms with E-state index in [1.54, 1.807) is 25.3 Å². The van der Waals surface area contributed by atoms with Gasteiger partial charge in [-0.2, -0.15) is 0 Å². The summed E-state index contributed by atoms with van der Waals surface area (Å²) in [5.41, 5.74) is 4.46. The number of halogens is 2. The molecule has 2 aromatic carbocycles. The van der Waals surface area contributed by atoms with Crippen molar-refractivity contribution in [1.29, 1.82) is 0 Å². The van der Waals surface area contributed by atoms with Crippen LogP contribution in [0.5, 0.6) is 5.75 Å². The molecule has 2 heterocycles. The number of nitrogens with zero attached hydrogens (tertiary/aromatic N) is 2. The van der Waals surface area contributed by atoms with E-state index < -0.39 is 0 Å². The van der Waals surface area contributed by atoms with E-state index >= 15 is 0 Å². The minimum Gasteiger partial charge on any atom is -0.495 e. The van der Waals surface area contributed by atoms with Gasteiger partial charge in [0.2, 0.25) is 0 Å². The van der Waals surface area contributed by atoms with Gasteiger partial charge in [0.25, 0.3) is 5.91 Å². The van der Waals surface area contributed by atoms with Crippen LogP contribution in [0.3, 0.4) is 0 Å². The monoisotopic (exact) mass is 425 g/mol. The standard InChI is InChI=1S/C22H17Cl2N3O2/c1-13-4-3-9-27-12-19(25-21(13)27)14-5-8-20(29-2)18(10-14)26-22(28)16-7-6-15(23)11-17(16)24/h3-12H,1-2H3,(H,26,28). The fourth-order valence-electron chi connectivity index (χ4n) is 3.12. The molecule has 0 saturated carbocycles. The van der Waals surface area contributed by atoms with Crippen molar-refractivity contribution in [3.05, 3.63) is 82.1 Å². The van der Waals surface area contributed by atoms with Crippen molar-refractivity contribution >= 4 is 40.4 Å². The highest BCUT2D eigenvalue weighted by Crippen LogP contribution is 2.32. The SMILES string of the molecule is COc1ccc(-c2cn3cccc(C)c3n2)cc1NC(=O)c1ccc(Cl)cc1Cl. The molecule has 2 aromatic heterocycles. The van der Waals surface area contributed by atoms with Gasteiger partial charge in [0, 0.05) is 23.0 Å². The molecule has 5 nitrogen and oxygen atoms in total. The van der Waals surface area contributed by atoms with Crippen LogP contribution in [0.2, 0.25) is 10.0 Å². The number of hydrogen-bond donors (Lipinski definition) is 1. The molecule has 7 heteroatoms. The number of amides is 1. The van der Waals surface area contributed by atoms with Gasteiger partial charge in [-0.3, -0.25) is 4.79 Å². The van der Waals surface area contributed by atoms with E-state index in [1.165, 1.54) is 6.07 Å². The van der Waals surface area contributed by atoms with Gasteiger partial charge in [-0.05, 0) is 55.0 Å². The molecule has 1 N–H and O–H groups in total. The average Bonchev–Trinajstić information content (AvgIpc) is 3.13. The molecule has 0 aliphatic rings. The summed E-state index contributed by atoms with van der Waals surface area (Å²) in [5.74, 6) is 0.181. The number of imidazole rings is 1. The first-order chi connectivity index (χ1) is 14.0. The zero-order valence-electron chi connectivity index (χ0n) is 15.7. The number of methoxy groups -OCH3 is 1. The minimum absolute atomic E-state index is 0.279. The first kappa shape index (κ1) is 19.3. The Morgan fingerprint density at radius 1 is 1.14 bits per heavy atom. The van der Waals surface area contributed by atoms with Crippen molar-refractivity contribution < 1.29 is 9.53 Å². The molecule has 0 atom stereocenters. The molecule has 0 aliphatic heterocycles. The highest BCUT2D eigenvalue weighted by Gasteiger charge is 2.15. The lowest BCUT2D eigenvalue weighted by Gasteiger charge is -2.12. The second kappa shape index (κ2) is 7.78. The summed E-state index contributed by atoms with van der Waals surface area (Å²) in [4.78, 5) is 17.4. The summed E-state index contributed by atoms with van der Waals surface area (Å²) in [6, 6.07) is 14.3. The van der Waals surface area contributed by atoms with Crippen molar-refractivity contribution in [2.24, 2.45) is 0 Å². The molecule has 1 amide bonds. The summed E-state index contributed by atoms with van der Waals surface area (Å²) in [5, 5.41) is 3.61. The topological polar surface area (TPSA) is 55.6 Å². The lowest BCUT2D eigenvalue weighted by atomic mass is 10.1. The fraction of sp³-hybridized carbons (Fsp3) is 0.0909. The Morgan fingerprint density at radius 2 is 1.97 bits per heavy atom. The molecular formula is C22H17Cl2N3O2. The zero-order valence-corrected chi connectivity index (χ0v) is 17.3. The lowest BCUT2D eigenvalue weighted by molar-refractivity contribution is 0.102. The van der Waals surface area contributed by atoms with Crippen molar-refractivity contribution in [2.45, 2.75) is 6.92 Å². The lowest BCUT2D eigenvalue weighted by Crippen LogP contribution is -2.13. The minimum atomic E-state index is -0.354. The average molecular weight is 426 g/mol. The number of nitrogens with one attached hydrogen (secondary N) is 1. The van der Waals surface area contributed by atoms with E-state index in [9.17, 15) is 4.79 Å². The number of ether oxygens (including phenoxy) is 1. The quantitative estimate of drug-likeness (QED) is 0.444. The van der Waals surface area contributed by atoms with Crippen LogP contribution in [-0.2, 0) is 0 Å². The zero-order chi connectivity index (χ0) is 20.5. The summed E-state index contributed by atoms with van der Waals surface area (Å²) in [6.45, 7) is 2.02. The van der Waals surface area contributed by atoms with Crippen LogP contribution in [0.15, 0.2) is 60.9 Å². The number of carbonyl (C=O) groups excluding carboxylic acids is 1. The smallest absolute Gasteiger partial charge is 0.257 e. The van der Waals surface area contributed by atoms with Gasteiger partial charge in [0.15, 0.2) is 0 Å². The van der Waals surface area contributed by atoms with Gasteiger partial charge in [0.1, 0.15) is 11.4 Å². The molecule has 0 fully saturated rings. The van der Waals surface area contributed by atoms with E-state index in [-0.39, 0.29) is 10.9 Å². The molecule has 0 aliphatic carbocycles. The number of benzene rings is 2. The second-order valence-electron chi connectivity index (χ2n) is 6.54. The van der Waals surface area contributed by atoms with Crippen LogP contribution < -0.4 is 10.1 Å². The highest BCUT2D eigenvalue weighted by molar-refractivity contribution is 6.37. The molecule has 29 heavy (non-hydrogen) atoms. The first-order valence-corrected chi connectivity index (χ1v) is 9.61. The van der Waals surface area contributed by atoms with Crippen LogP contribution in [0.25, 0.3) is 16.9 Å². The van der Waals surface area contributed by atoms with E-state index in [4.69, 9.17) is 32.9 Å². The molecule has 146 valence electrons. The molecule has 0 spiro atoms. The van der Waals surface area contributed by atoms with Crippen molar-refractivity contribution in [3.8, 4) is 17.0 Å². The maximum absolute atomic E-state index is 12.7. The summed E-state index contributed by atoms with van der Waals surface area (Å²) in [6.07, 6.45) is 3.90. The maximum Gasteiger partial charge on any atom is 0.257 e. The number of pyridine rings is 1. The Bertz CT molecular complexity index is 1230. The Balaban J connectivity index is 1.71. The number of hydrogen-bond acceptors (Lipinski definition) is 3. The molecule has 0 saturated heterocycles. The van der Waals surface area contributed by atoms with Crippen molar-refractivity contribution in [3.63, 3.8) is 0 Å².